The maximum absolute atomic E-state index is 13.1. The molecule has 1 aliphatic rings. The third kappa shape index (κ3) is 4.78. The first kappa shape index (κ1) is 22.9. The Balaban J connectivity index is 1.63. The maximum atomic E-state index is 13.1. The molecule has 1 atom stereocenters. The van der Waals surface area contributed by atoms with E-state index in [1.807, 2.05) is 0 Å². The summed E-state index contributed by atoms with van der Waals surface area (Å²) in [6.45, 7) is 4.45. The molecule has 0 saturated carbocycles. The zero-order valence-electron chi connectivity index (χ0n) is 17.2. The number of benzene rings is 1. The van der Waals surface area contributed by atoms with Crippen molar-refractivity contribution in [3.63, 3.8) is 0 Å². The van der Waals surface area contributed by atoms with Crippen molar-refractivity contribution in [3.8, 4) is 0 Å². The largest absolute Gasteiger partial charge is 0.452 e. The van der Waals surface area contributed by atoms with E-state index in [-0.39, 0.29) is 23.1 Å². The maximum Gasteiger partial charge on any atom is 0.307 e. The molecule has 0 bridgehead atoms. The lowest BCUT2D eigenvalue weighted by Gasteiger charge is -2.42. The number of hydrogen-bond acceptors (Lipinski definition) is 7. The Labute approximate surface area is 184 Å². The van der Waals surface area contributed by atoms with E-state index < -0.39 is 33.5 Å². The smallest absolute Gasteiger partial charge is 0.307 e. The van der Waals surface area contributed by atoms with Gasteiger partial charge in [-0.15, -0.1) is 11.3 Å². The lowest BCUT2D eigenvalue weighted by atomic mass is 9.95. The normalized spacial score (nSPS) is 16.2. The van der Waals surface area contributed by atoms with Gasteiger partial charge >= 0.3 is 5.97 Å². The number of esters is 1. The molecule has 0 spiro atoms. The molecule has 2 heterocycles. The lowest BCUT2D eigenvalue weighted by molar-refractivity contribution is -0.154. The third-order valence-corrected chi connectivity index (χ3v) is 7.62. The van der Waals surface area contributed by atoms with Gasteiger partial charge in [0.15, 0.2) is 6.10 Å². The fourth-order valence-corrected chi connectivity index (χ4v) is 5.18. The number of ether oxygens (including phenoxy) is 1. The Morgan fingerprint density at radius 2 is 1.94 bits per heavy atom. The molecule has 1 aromatic heterocycles. The first-order valence-corrected chi connectivity index (χ1v) is 11.9. The van der Waals surface area contributed by atoms with Crippen molar-refractivity contribution in [3.05, 3.63) is 41.8 Å². The van der Waals surface area contributed by atoms with Gasteiger partial charge in [0.05, 0.1) is 17.8 Å². The van der Waals surface area contributed by atoms with Crippen molar-refractivity contribution >= 4 is 50.5 Å². The number of thiophene rings is 1. The van der Waals surface area contributed by atoms with Crippen LogP contribution < -0.4 is 14.9 Å². The fraction of sp³-hybridized carbons (Fsp3) is 0.350. The first-order valence-electron chi connectivity index (χ1n) is 9.51. The highest BCUT2D eigenvalue weighted by Crippen LogP contribution is 2.37. The van der Waals surface area contributed by atoms with Crippen LogP contribution in [-0.2, 0) is 29.1 Å². The van der Waals surface area contributed by atoms with Crippen LogP contribution in [0.3, 0.4) is 0 Å². The second-order valence-electron chi connectivity index (χ2n) is 7.42. The Morgan fingerprint density at radius 3 is 2.61 bits per heavy atom. The lowest BCUT2D eigenvalue weighted by Crippen LogP contribution is -2.60. The highest BCUT2D eigenvalue weighted by Gasteiger charge is 2.45. The molecular formula is C20H23N3O6S2. The average Bonchev–Trinajstić information content (AvgIpc) is 3.24. The van der Waals surface area contributed by atoms with Crippen LogP contribution in [0.5, 0.6) is 0 Å². The van der Waals surface area contributed by atoms with E-state index in [9.17, 15) is 22.8 Å². The van der Waals surface area contributed by atoms with Crippen LogP contribution in [0.1, 0.15) is 27.2 Å². The molecule has 0 fully saturated rings. The summed E-state index contributed by atoms with van der Waals surface area (Å²) in [6.07, 6.45) is -1.41. The summed E-state index contributed by atoms with van der Waals surface area (Å²) in [4.78, 5) is 39.1. The van der Waals surface area contributed by atoms with Gasteiger partial charge in [-0.1, -0.05) is 18.2 Å². The molecule has 9 nitrogen and oxygen atoms in total. The van der Waals surface area contributed by atoms with Gasteiger partial charge < -0.3 is 10.1 Å². The summed E-state index contributed by atoms with van der Waals surface area (Å²) >= 11 is 1.06. The van der Waals surface area contributed by atoms with Gasteiger partial charge in [-0.05, 0) is 44.4 Å². The number of para-hydroxylation sites is 2. The van der Waals surface area contributed by atoms with E-state index in [0.29, 0.717) is 11.4 Å². The predicted octanol–water partition coefficient (Wildman–Crippen LogP) is 2.11. The Hall–Kier alpha value is -2.76. The number of hydrogen-bond donors (Lipinski definition) is 2. The molecule has 2 aromatic rings. The number of nitrogens with one attached hydrogen (secondary N) is 2. The number of anilines is 2. The van der Waals surface area contributed by atoms with Gasteiger partial charge in [0, 0.05) is 6.54 Å². The number of rotatable bonds is 7. The highest BCUT2D eigenvalue weighted by atomic mass is 32.2. The van der Waals surface area contributed by atoms with E-state index in [1.165, 1.54) is 17.9 Å². The number of carbonyl (C=O) groups is 3. The predicted molar refractivity (Wildman–Crippen MR) is 116 cm³/mol. The quantitative estimate of drug-likeness (QED) is 0.604. The zero-order chi connectivity index (χ0) is 22.8. The van der Waals surface area contributed by atoms with Crippen LogP contribution in [0.2, 0.25) is 0 Å². The molecule has 166 valence electrons. The first-order chi connectivity index (χ1) is 14.5. The van der Waals surface area contributed by atoms with Crippen molar-refractivity contribution in [1.82, 2.24) is 4.72 Å². The topological polar surface area (TPSA) is 122 Å². The SMILES string of the molecule is CC(OC(=O)CCNS(=O)(=O)c1cccs1)C(=O)N1c2ccccc2NC(=O)C1(C)C. The minimum atomic E-state index is -3.69. The minimum absolute atomic E-state index is 0.147. The summed E-state index contributed by atoms with van der Waals surface area (Å²) in [7, 11) is -3.69. The van der Waals surface area contributed by atoms with Crippen LogP contribution in [0, 0.1) is 0 Å². The van der Waals surface area contributed by atoms with Crippen LogP contribution in [0.15, 0.2) is 46.0 Å². The van der Waals surface area contributed by atoms with Gasteiger partial charge in [0.25, 0.3) is 5.91 Å². The molecule has 1 aromatic carbocycles. The van der Waals surface area contributed by atoms with E-state index in [1.54, 1.807) is 49.6 Å². The fourth-order valence-electron chi connectivity index (χ4n) is 3.11. The van der Waals surface area contributed by atoms with Crippen LogP contribution in [0.25, 0.3) is 0 Å². The molecule has 31 heavy (non-hydrogen) atoms. The second kappa shape index (κ2) is 8.77. The van der Waals surface area contributed by atoms with Crippen LogP contribution >= 0.6 is 11.3 Å². The Bertz CT molecular complexity index is 1100. The molecule has 0 saturated heterocycles. The van der Waals surface area contributed by atoms with Crippen molar-refractivity contribution in [2.75, 3.05) is 16.8 Å². The average molecular weight is 466 g/mol. The number of sulfonamides is 1. The minimum Gasteiger partial charge on any atom is -0.452 e. The van der Waals surface area contributed by atoms with Gasteiger partial charge in [-0.25, -0.2) is 13.1 Å². The Kier molecular flexibility index (Phi) is 6.48. The van der Waals surface area contributed by atoms with Crippen molar-refractivity contribution in [2.45, 2.75) is 43.0 Å². The van der Waals surface area contributed by atoms with Crippen LogP contribution in [0.4, 0.5) is 11.4 Å². The number of carbonyl (C=O) groups excluding carboxylic acids is 3. The van der Waals surface area contributed by atoms with E-state index >= 15 is 0 Å². The molecule has 2 N–H and O–H groups in total. The Morgan fingerprint density at radius 1 is 1.23 bits per heavy atom. The molecule has 3 rings (SSSR count). The highest BCUT2D eigenvalue weighted by molar-refractivity contribution is 7.91. The summed E-state index contributed by atoms with van der Waals surface area (Å²) in [5.74, 6) is -1.65. The van der Waals surface area contributed by atoms with Gasteiger partial charge in [0.1, 0.15) is 9.75 Å². The molecule has 11 heteroatoms. The van der Waals surface area contributed by atoms with E-state index in [4.69, 9.17) is 4.74 Å². The van der Waals surface area contributed by atoms with Gasteiger partial charge in [-0.2, -0.15) is 0 Å². The van der Waals surface area contributed by atoms with Crippen LogP contribution in [-0.4, -0.2) is 44.4 Å². The van der Waals surface area contributed by atoms with E-state index in [0.717, 1.165) is 11.3 Å². The summed E-state index contributed by atoms with van der Waals surface area (Å²) < 4.78 is 31.8. The second-order valence-corrected chi connectivity index (χ2v) is 10.4. The number of nitrogens with zero attached hydrogens (tertiary/aromatic N) is 1. The van der Waals surface area contributed by atoms with Crippen molar-refractivity contribution < 1.29 is 27.5 Å². The third-order valence-electron chi connectivity index (χ3n) is 4.77. The molecule has 1 unspecified atom stereocenters. The van der Waals surface area contributed by atoms with E-state index in [2.05, 4.69) is 10.0 Å². The molecule has 1 aliphatic heterocycles. The standard InChI is InChI=1S/C20H23N3O6S2/c1-13(29-16(24)10-11-21-31(27,28)17-9-6-12-30-17)18(25)23-15-8-5-4-7-14(15)22-19(26)20(23,2)3/h4-9,12-13,21H,10-11H2,1-3H3,(H,22,26). The van der Waals surface area contributed by atoms with Crippen molar-refractivity contribution in [1.29, 1.82) is 0 Å². The van der Waals surface area contributed by atoms with Crippen molar-refractivity contribution in [2.24, 2.45) is 0 Å². The monoisotopic (exact) mass is 465 g/mol. The summed E-state index contributed by atoms with van der Waals surface area (Å²) in [5.41, 5.74) is -0.201. The zero-order valence-corrected chi connectivity index (χ0v) is 18.9. The molecule has 0 aliphatic carbocycles. The molecule has 2 amide bonds. The molecule has 0 radical (unpaired) electrons. The summed E-state index contributed by atoms with van der Waals surface area (Å²) in [5, 5.41) is 4.40. The molecular weight excluding hydrogens is 442 g/mol. The van der Waals surface area contributed by atoms with Gasteiger partial charge in [0.2, 0.25) is 15.9 Å². The number of fused-ring (bicyclic) bond motifs is 1. The van der Waals surface area contributed by atoms with Gasteiger partial charge in [-0.3, -0.25) is 19.3 Å². The summed E-state index contributed by atoms with van der Waals surface area (Å²) in [6, 6.07) is 9.92. The number of amides is 2.